The Labute approximate surface area is 156 Å². The van der Waals surface area contributed by atoms with Gasteiger partial charge in [0.05, 0.1) is 17.7 Å². The number of ether oxygens (including phenoxy) is 1. The fourth-order valence-electron chi connectivity index (χ4n) is 2.40. The molecular formula is C19H20N4O2S. The van der Waals surface area contributed by atoms with E-state index in [4.69, 9.17) is 4.74 Å². The van der Waals surface area contributed by atoms with Gasteiger partial charge in [-0.2, -0.15) is 0 Å². The smallest absolute Gasteiger partial charge is 0.321 e. The molecule has 1 aromatic carbocycles. The number of pyridine rings is 1. The lowest BCUT2D eigenvalue weighted by Gasteiger charge is -2.04. The average Bonchev–Trinajstić information content (AvgIpc) is 3.10. The molecule has 0 atom stereocenters. The predicted molar refractivity (Wildman–Crippen MR) is 105 cm³/mol. The number of hydrogen-bond donors (Lipinski definition) is 2. The summed E-state index contributed by atoms with van der Waals surface area (Å²) in [6.45, 7) is 2.63. The van der Waals surface area contributed by atoms with E-state index in [-0.39, 0.29) is 6.03 Å². The van der Waals surface area contributed by atoms with E-state index in [1.165, 1.54) is 11.3 Å². The Morgan fingerprint density at radius 1 is 1.12 bits per heavy atom. The molecule has 0 aliphatic heterocycles. The van der Waals surface area contributed by atoms with Crippen molar-refractivity contribution in [2.45, 2.75) is 13.3 Å². The summed E-state index contributed by atoms with van der Waals surface area (Å²) in [6.07, 6.45) is 4.37. The molecule has 0 unspecified atom stereocenters. The molecule has 0 saturated heterocycles. The summed E-state index contributed by atoms with van der Waals surface area (Å²) < 4.78 is 5.22. The van der Waals surface area contributed by atoms with Crippen LogP contribution in [0.5, 0.6) is 5.75 Å². The highest BCUT2D eigenvalue weighted by Gasteiger charge is 2.16. The first-order valence-corrected chi connectivity index (χ1v) is 9.13. The molecule has 26 heavy (non-hydrogen) atoms. The largest absolute Gasteiger partial charge is 0.497 e. The Morgan fingerprint density at radius 2 is 1.85 bits per heavy atom. The van der Waals surface area contributed by atoms with Crippen LogP contribution in [-0.2, 0) is 0 Å². The van der Waals surface area contributed by atoms with Crippen molar-refractivity contribution in [3.8, 4) is 27.4 Å². The van der Waals surface area contributed by atoms with Crippen LogP contribution >= 0.6 is 11.3 Å². The third kappa shape index (κ3) is 4.18. The molecule has 0 radical (unpaired) electrons. The van der Waals surface area contributed by atoms with Gasteiger partial charge in [-0.25, -0.2) is 9.78 Å². The summed E-state index contributed by atoms with van der Waals surface area (Å²) in [4.78, 5) is 21.7. The van der Waals surface area contributed by atoms with E-state index >= 15 is 0 Å². The Kier molecular flexibility index (Phi) is 5.80. The lowest BCUT2D eigenvalue weighted by molar-refractivity contribution is 0.252. The van der Waals surface area contributed by atoms with Crippen molar-refractivity contribution in [1.29, 1.82) is 0 Å². The highest BCUT2D eigenvalue weighted by Crippen LogP contribution is 2.39. The quantitative estimate of drug-likeness (QED) is 0.676. The van der Waals surface area contributed by atoms with Gasteiger partial charge in [-0.1, -0.05) is 18.3 Å². The Bertz CT molecular complexity index is 863. The summed E-state index contributed by atoms with van der Waals surface area (Å²) >= 11 is 1.44. The lowest BCUT2D eigenvalue weighted by atomic mass is 10.1. The Morgan fingerprint density at radius 3 is 2.50 bits per heavy atom. The number of urea groups is 1. The number of nitrogens with one attached hydrogen (secondary N) is 2. The first-order chi connectivity index (χ1) is 12.7. The highest BCUT2D eigenvalue weighted by molar-refractivity contribution is 7.19. The van der Waals surface area contributed by atoms with E-state index in [9.17, 15) is 4.79 Å². The first-order valence-electron chi connectivity index (χ1n) is 8.31. The van der Waals surface area contributed by atoms with E-state index in [2.05, 4.69) is 20.6 Å². The summed E-state index contributed by atoms with van der Waals surface area (Å²) in [5.74, 6) is 0.784. The topological polar surface area (TPSA) is 76.1 Å². The molecule has 7 heteroatoms. The van der Waals surface area contributed by atoms with Gasteiger partial charge in [0.15, 0.2) is 5.13 Å². The molecule has 2 N–H and O–H groups in total. The van der Waals surface area contributed by atoms with Crippen LogP contribution < -0.4 is 15.4 Å². The van der Waals surface area contributed by atoms with Crippen molar-refractivity contribution in [1.82, 2.24) is 15.3 Å². The fourth-order valence-corrected chi connectivity index (χ4v) is 3.39. The molecule has 2 aromatic heterocycles. The van der Waals surface area contributed by atoms with Crippen LogP contribution in [-0.4, -0.2) is 29.7 Å². The van der Waals surface area contributed by atoms with Gasteiger partial charge >= 0.3 is 6.03 Å². The summed E-state index contributed by atoms with van der Waals surface area (Å²) in [7, 11) is 1.64. The molecule has 0 bridgehead atoms. The monoisotopic (exact) mass is 368 g/mol. The van der Waals surface area contributed by atoms with Crippen molar-refractivity contribution in [3.05, 3.63) is 48.8 Å². The van der Waals surface area contributed by atoms with Crippen LogP contribution in [0.15, 0.2) is 48.8 Å². The van der Waals surface area contributed by atoms with Crippen molar-refractivity contribution < 1.29 is 9.53 Å². The van der Waals surface area contributed by atoms with E-state index in [0.717, 1.165) is 33.9 Å². The predicted octanol–water partition coefficient (Wildman–Crippen LogP) is 4.41. The molecule has 2 amide bonds. The molecule has 2 heterocycles. The summed E-state index contributed by atoms with van der Waals surface area (Å²) in [6, 6.07) is 11.3. The minimum Gasteiger partial charge on any atom is -0.497 e. The Hall–Kier alpha value is -2.93. The van der Waals surface area contributed by atoms with Gasteiger partial charge in [-0.05, 0) is 48.4 Å². The molecule has 0 saturated carbocycles. The minimum atomic E-state index is -0.247. The van der Waals surface area contributed by atoms with E-state index in [0.29, 0.717) is 11.7 Å². The molecule has 3 rings (SSSR count). The van der Waals surface area contributed by atoms with Gasteiger partial charge < -0.3 is 10.1 Å². The van der Waals surface area contributed by atoms with Crippen molar-refractivity contribution in [2.24, 2.45) is 0 Å². The summed E-state index contributed by atoms with van der Waals surface area (Å²) in [5.41, 5.74) is 2.77. The van der Waals surface area contributed by atoms with Crippen molar-refractivity contribution in [2.75, 3.05) is 19.0 Å². The SMILES string of the molecule is CCCNC(=O)Nc1nc(-c2ccc(OC)cc2)c(-c2ccncc2)s1. The second-order valence-electron chi connectivity index (χ2n) is 5.54. The zero-order valence-electron chi connectivity index (χ0n) is 14.7. The fraction of sp³-hybridized carbons (Fsp3) is 0.211. The third-order valence-electron chi connectivity index (χ3n) is 3.69. The van der Waals surface area contributed by atoms with E-state index in [1.54, 1.807) is 19.5 Å². The second-order valence-corrected chi connectivity index (χ2v) is 6.54. The number of thiazole rings is 1. The number of carbonyl (C=O) groups excluding carboxylic acids is 1. The van der Waals surface area contributed by atoms with E-state index in [1.807, 2.05) is 43.3 Å². The highest BCUT2D eigenvalue weighted by atomic mass is 32.1. The molecule has 0 aliphatic rings. The zero-order chi connectivity index (χ0) is 18.4. The van der Waals surface area contributed by atoms with Crippen molar-refractivity contribution >= 4 is 22.5 Å². The van der Waals surface area contributed by atoms with Gasteiger partial charge in [0, 0.05) is 24.5 Å². The molecule has 0 aliphatic carbocycles. The lowest BCUT2D eigenvalue weighted by Crippen LogP contribution is -2.29. The van der Waals surface area contributed by atoms with Gasteiger partial charge in [-0.3, -0.25) is 10.3 Å². The van der Waals surface area contributed by atoms with Gasteiger partial charge in [0.1, 0.15) is 5.75 Å². The number of methoxy groups -OCH3 is 1. The van der Waals surface area contributed by atoms with Crippen LogP contribution in [0, 0.1) is 0 Å². The Balaban J connectivity index is 1.96. The standard InChI is InChI=1S/C19H20N4O2S/c1-3-10-21-18(24)23-19-22-16(13-4-6-15(25-2)7-5-13)17(26-19)14-8-11-20-12-9-14/h4-9,11-12H,3,10H2,1-2H3,(H2,21,22,23,24). The molecule has 6 nitrogen and oxygen atoms in total. The van der Waals surface area contributed by atoms with Gasteiger partial charge in [0.25, 0.3) is 0 Å². The van der Waals surface area contributed by atoms with E-state index < -0.39 is 0 Å². The number of amides is 2. The molecule has 0 spiro atoms. The van der Waals surface area contributed by atoms with Gasteiger partial charge in [-0.15, -0.1) is 0 Å². The van der Waals surface area contributed by atoms with Gasteiger partial charge in [0.2, 0.25) is 0 Å². The number of rotatable bonds is 6. The normalized spacial score (nSPS) is 10.4. The number of hydrogen-bond acceptors (Lipinski definition) is 5. The third-order valence-corrected chi connectivity index (χ3v) is 4.71. The van der Waals surface area contributed by atoms with Crippen LogP contribution in [0.4, 0.5) is 9.93 Å². The molecule has 3 aromatic rings. The maximum absolute atomic E-state index is 12.0. The average molecular weight is 368 g/mol. The first kappa shape index (κ1) is 17.9. The maximum Gasteiger partial charge on any atom is 0.321 e. The van der Waals surface area contributed by atoms with Crippen molar-refractivity contribution in [3.63, 3.8) is 0 Å². The molecular weight excluding hydrogens is 348 g/mol. The molecule has 0 fully saturated rings. The number of carbonyl (C=O) groups is 1. The number of anilines is 1. The zero-order valence-corrected chi connectivity index (χ0v) is 15.5. The maximum atomic E-state index is 12.0. The summed E-state index contributed by atoms with van der Waals surface area (Å²) in [5, 5.41) is 6.16. The number of aromatic nitrogens is 2. The number of nitrogens with zero attached hydrogens (tertiary/aromatic N) is 2. The second kappa shape index (κ2) is 8.44. The van der Waals surface area contributed by atoms with Crippen LogP contribution in [0.25, 0.3) is 21.7 Å². The molecule has 134 valence electrons. The van der Waals surface area contributed by atoms with Crippen LogP contribution in [0.1, 0.15) is 13.3 Å². The van der Waals surface area contributed by atoms with Crippen LogP contribution in [0.2, 0.25) is 0 Å². The van der Waals surface area contributed by atoms with Crippen LogP contribution in [0.3, 0.4) is 0 Å². The number of benzene rings is 1. The minimum absolute atomic E-state index is 0.247.